The number of benzene rings is 1. The zero-order valence-electron chi connectivity index (χ0n) is 13.6. The second-order valence-corrected chi connectivity index (χ2v) is 6.81. The summed E-state index contributed by atoms with van der Waals surface area (Å²) in [4.78, 5) is 12.5. The first kappa shape index (κ1) is 15.3. The number of hydrogen-bond acceptors (Lipinski definition) is 2. The minimum atomic E-state index is -2.77. The molecular weight excluding hydrogens is 312 g/mol. The van der Waals surface area contributed by atoms with Crippen LogP contribution >= 0.6 is 0 Å². The first-order valence-corrected chi connectivity index (χ1v) is 8.23. The molecule has 3 unspecified atom stereocenters. The van der Waals surface area contributed by atoms with Crippen LogP contribution in [-0.4, -0.2) is 15.7 Å². The Labute approximate surface area is 138 Å². The molecule has 1 N–H and O–H groups in total. The molecule has 126 valence electrons. The Morgan fingerprint density at radius 3 is 2.83 bits per heavy atom. The van der Waals surface area contributed by atoms with Gasteiger partial charge in [0.05, 0.1) is 5.56 Å². The smallest absolute Gasteiger partial charge is 0.282 e. The number of rotatable bonds is 3. The van der Waals surface area contributed by atoms with Gasteiger partial charge in [0.2, 0.25) is 0 Å². The van der Waals surface area contributed by atoms with Crippen LogP contribution < -0.4 is 5.32 Å². The Balaban J connectivity index is 1.68. The van der Waals surface area contributed by atoms with Crippen molar-refractivity contribution in [2.75, 3.05) is 5.32 Å². The summed E-state index contributed by atoms with van der Waals surface area (Å²) in [7, 11) is 1.53. The molecule has 1 fully saturated rings. The first-order valence-electron chi connectivity index (χ1n) is 8.23. The predicted molar refractivity (Wildman–Crippen MR) is 86.4 cm³/mol. The van der Waals surface area contributed by atoms with Crippen molar-refractivity contribution in [2.45, 2.75) is 38.0 Å². The fraction of sp³-hybridized carbons (Fsp3) is 0.444. The van der Waals surface area contributed by atoms with Gasteiger partial charge in [-0.1, -0.05) is 19.1 Å². The molecule has 2 aliphatic rings. The molecule has 2 aliphatic carbocycles. The number of nitrogens with one attached hydrogen (secondary N) is 1. The number of aryl methyl sites for hydroxylation is 1. The van der Waals surface area contributed by atoms with E-state index in [1.54, 1.807) is 0 Å². The normalized spacial score (nSPS) is 24.5. The van der Waals surface area contributed by atoms with Crippen LogP contribution in [0.2, 0.25) is 0 Å². The highest BCUT2D eigenvalue weighted by Crippen LogP contribution is 2.58. The summed E-state index contributed by atoms with van der Waals surface area (Å²) in [5.74, 6) is 1.05. The summed E-state index contributed by atoms with van der Waals surface area (Å²) < 4.78 is 27.4. The molecule has 24 heavy (non-hydrogen) atoms. The van der Waals surface area contributed by atoms with Crippen LogP contribution in [0.25, 0.3) is 0 Å². The highest BCUT2D eigenvalue weighted by molar-refractivity contribution is 6.05. The third-order valence-corrected chi connectivity index (χ3v) is 5.53. The van der Waals surface area contributed by atoms with E-state index in [-0.39, 0.29) is 5.56 Å². The van der Waals surface area contributed by atoms with E-state index in [1.165, 1.54) is 35.5 Å². The van der Waals surface area contributed by atoms with Gasteiger partial charge in [-0.15, -0.1) is 0 Å². The largest absolute Gasteiger partial charge is 0.322 e. The number of fused-ring (bicyclic) bond motifs is 5. The van der Waals surface area contributed by atoms with Gasteiger partial charge in [-0.25, -0.2) is 8.78 Å². The standard InChI is InChI=1S/C18H19F2N3O/c1-9-10-6-7-11(9)15-12(10)4-3-5-14(15)21-18(24)13-8-23(2)22-16(13)17(19)20/h3-5,8-11,17H,6-7H2,1-2H3,(H,21,24). The summed E-state index contributed by atoms with van der Waals surface area (Å²) in [5.41, 5.74) is 2.70. The van der Waals surface area contributed by atoms with E-state index in [1.807, 2.05) is 12.1 Å². The molecule has 0 radical (unpaired) electrons. The van der Waals surface area contributed by atoms with Crippen LogP contribution in [0.5, 0.6) is 0 Å². The number of carbonyl (C=O) groups is 1. The van der Waals surface area contributed by atoms with Crippen molar-refractivity contribution in [1.82, 2.24) is 9.78 Å². The van der Waals surface area contributed by atoms with E-state index < -0.39 is 18.0 Å². The SMILES string of the molecule is CC1C2CCC1c1c(NC(=O)c3cn(C)nc3C(F)F)cccc12. The van der Waals surface area contributed by atoms with Gasteiger partial charge in [-0.2, -0.15) is 5.10 Å². The van der Waals surface area contributed by atoms with Crippen molar-refractivity contribution in [2.24, 2.45) is 13.0 Å². The minimum absolute atomic E-state index is 0.0682. The molecule has 0 spiro atoms. The van der Waals surface area contributed by atoms with Gasteiger partial charge in [0.1, 0.15) is 5.69 Å². The fourth-order valence-corrected chi connectivity index (χ4v) is 4.47. The van der Waals surface area contributed by atoms with E-state index in [0.29, 0.717) is 17.8 Å². The van der Waals surface area contributed by atoms with Crippen LogP contribution in [0.15, 0.2) is 24.4 Å². The van der Waals surface area contributed by atoms with Gasteiger partial charge in [0.15, 0.2) is 0 Å². The number of halogens is 2. The van der Waals surface area contributed by atoms with Gasteiger partial charge in [0, 0.05) is 18.9 Å². The van der Waals surface area contributed by atoms with Crippen molar-refractivity contribution < 1.29 is 13.6 Å². The number of hydrogen-bond donors (Lipinski definition) is 1. The van der Waals surface area contributed by atoms with Crippen LogP contribution in [0.1, 0.15) is 65.2 Å². The average molecular weight is 331 g/mol. The maximum absolute atomic E-state index is 13.1. The second kappa shape index (κ2) is 5.40. The highest BCUT2D eigenvalue weighted by atomic mass is 19.3. The van der Waals surface area contributed by atoms with E-state index in [4.69, 9.17) is 0 Å². The maximum Gasteiger partial charge on any atom is 0.282 e. The monoisotopic (exact) mass is 331 g/mol. The molecule has 4 rings (SSSR count). The molecule has 2 aromatic rings. The van der Waals surface area contributed by atoms with E-state index in [0.717, 1.165) is 12.1 Å². The van der Waals surface area contributed by atoms with Crippen LogP contribution in [0, 0.1) is 5.92 Å². The molecule has 1 amide bonds. The van der Waals surface area contributed by atoms with E-state index in [9.17, 15) is 13.6 Å². The summed E-state index contributed by atoms with van der Waals surface area (Å²) in [5, 5.41) is 6.55. The summed E-state index contributed by atoms with van der Waals surface area (Å²) in [6.07, 6.45) is 0.883. The van der Waals surface area contributed by atoms with Crippen molar-refractivity contribution in [3.63, 3.8) is 0 Å². The highest BCUT2D eigenvalue weighted by Gasteiger charge is 2.44. The molecule has 0 aliphatic heterocycles. The number of alkyl halides is 2. The van der Waals surface area contributed by atoms with Crippen molar-refractivity contribution >= 4 is 11.6 Å². The Morgan fingerprint density at radius 2 is 2.08 bits per heavy atom. The summed E-state index contributed by atoms with van der Waals surface area (Å²) in [6, 6.07) is 5.92. The Hall–Kier alpha value is -2.24. The third-order valence-electron chi connectivity index (χ3n) is 5.53. The lowest BCUT2D eigenvalue weighted by atomic mass is 9.90. The topological polar surface area (TPSA) is 46.9 Å². The predicted octanol–water partition coefficient (Wildman–Crippen LogP) is 4.22. The van der Waals surface area contributed by atoms with Crippen LogP contribution in [0.4, 0.5) is 14.5 Å². The molecule has 4 nitrogen and oxygen atoms in total. The lowest BCUT2D eigenvalue weighted by Crippen LogP contribution is -2.16. The average Bonchev–Trinajstić information content (AvgIpc) is 3.19. The first-order chi connectivity index (χ1) is 11.5. The molecular formula is C18H19F2N3O. The molecule has 1 heterocycles. The zero-order valence-corrected chi connectivity index (χ0v) is 13.6. The molecule has 6 heteroatoms. The minimum Gasteiger partial charge on any atom is -0.322 e. The van der Waals surface area contributed by atoms with Gasteiger partial charge in [-0.05, 0) is 47.8 Å². The van der Waals surface area contributed by atoms with Crippen molar-refractivity contribution in [3.8, 4) is 0 Å². The Bertz CT molecular complexity index is 815. The molecule has 1 aromatic heterocycles. The summed E-state index contributed by atoms with van der Waals surface area (Å²) >= 11 is 0. The number of aromatic nitrogens is 2. The molecule has 1 saturated carbocycles. The second-order valence-electron chi connectivity index (χ2n) is 6.81. The van der Waals surface area contributed by atoms with E-state index >= 15 is 0 Å². The molecule has 3 atom stereocenters. The third kappa shape index (κ3) is 2.16. The number of anilines is 1. The molecule has 1 aromatic carbocycles. The van der Waals surface area contributed by atoms with Gasteiger partial charge >= 0.3 is 0 Å². The zero-order chi connectivity index (χ0) is 17.0. The van der Waals surface area contributed by atoms with Crippen molar-refractivity contribution in [1.29, 1.82) is 0 Å². The van der Waals surface area contributed by atoms with Gasteiger partial charge in [-0.3, -0.25) is 9.48 Å². The van der Waals surface area contributed by atoms with E-state index in [2.05, 4.69) is 23.4 Å². The Morgan fingerprint density at radius 1 is 1.33 bits per heavy atom. The van der Waals surface area contributed by atoms with Crippen LogP contribution in [-0.2, 0) is 7.05 Å². The lowest BCUT2D eigenvalue weighted by molar-refractivity contribution is 0.101. The number of nitrogens with zero attached hydrogens (tertiary/aromatic N) is 2. The van der Waals surface area contributed by atoms with Crippen molar-refractivity contribution in [3.05, 3.63) is 46.8 Å². The molecule has 2 bridgehead atoms. The quantitative estimate of drug-likeness (QED) is 0.915. The summed E-state index contributed by atoms with van der Waals surface area (Å²) in [6.45, 7) is 2.25. The Kier molecular flexibility index (Phi) is 3.44. The fourth-order valence-electron chi connectivity index (χ4n) is 4.47. The molecule has 0 saturated heterocycles. The number of carbonyl (C=O) groups excluding carboxylic acids is 1. The maximum atomic E-state index is 13.1. The van der Waals surface area contributed by atoms with Gasteiger partial charge < -0.3 is 5.32 Å². The van der Waals surface area contributed by atoms with Crippen LogP contribution in [0.3, 0.4) is 0 Å². The number of amides is 1. The van der Waals surface area contributed by atoms with Gasteiger partial charge in [0.25, 0.3) is 12.3 Å². The lowest BCUT2D eigenvalue weighted by Gasteiger charge is -2.19.